The van der Waals surface area contributed by atoms with E-state index in [0.717, 1.165) is 0 Å². The van der Waals surface area contributed by atoms with E-state index >= 15 is 0 Å². The molecule has 0 rings (SSSR count). The van der Waals surface area contributed by atoms with Gasteiger partial charge in [0.15, 0.2) is 0 Å². The van der Waals surface area contributed by atoms with Crippen molar-refractivity contribution in [1.82, 2.24) is 5.32 Å². The van der Waals surface area contributed by atoms with Crippen LogP contribution in [0.1, 0.15) is 34.1 Å². The first-order chi connectivity index (χ1) is 5.81. The third-order valence-corrected chi connectivity index (χ3v) is 2.22. The Morgan fingerprint density at radius 2 is 1.92 bits per heavy atom. The molecular weight excluding hydrogens is 170 g/mol. The van der Waals surface area contributed by atoms with E-state index in [9.17, 15) is 9.59 Å². The summed E-state index contributed by atoms with van der Waals surface area (Å²) in [6.45, 7) is 6.92. The normalized spacial score (nSPS) is 13.5. The summed E-state index contributed by atoms with van der Waals surface area (Å²) in [4.78, 5) is 21.9. The predicted molar refractivity (Wildman–Crippen MR) is 49.3 cm³/mol. The number of carboxylic acids is 1. The Bertz CT molecular complexity index is 211. The zero-order valence-electron chi connectivity index (χ0n) is 8.55. The molecule has 0 saturated carbocycles. The first kappa shape index (κ1) is 11.9. The molecule has 0 bridgehead atoms. The molecule has 0 aliphatic rings. The molecule has 1 atom stereocenters. The number of aliphatic carboxylic acids is 1. The van der Waals surface area contributed by atoms with E-state index in [0.29, 0.717) is 6.42 Å². The summed E-state index contributed by atoms with van der Waals surface area (Å²) in [5.74, 6) is -1.23. The number of rotatable bonds is 4. The van der Waals surface area contributed by atoms with E-state index in [4.69, 9.17) is 5.11 Å². The highest BCUT2D eigenvalue weighted by Crippen LogP contribution is 2.19. The third kappa shape index (κ3) is 3.44. The molecule has 2 N–H and O–H groups in total. The smallest absolute Gasteiger partial charge is 0.325 e. The Morgan fingerprint density at radius 3 is 2.23 bits per heavy atom. The molecule has 0 saturated heterocycles. The summed E-state index contributed by atoms with van der Waals surface area (Å²) in [7, 11) is 0. The molecule has 0 unspecified atom stereocenters. The molecule has 0 heterocycles. The summed E-state index contributed by atoms with van der Waals surface area (Å²) in [5, 5.41) is 11.0. The summed E-state index contributed by atoms with van der Waals surface area (Å²) in [5.41, 5.74) is -0.496. The number of carbonyl (C=O) groups is 2. The van der Waals surface area contributed by atoms with Crippen LogP contribution in [-0.2, 0) is 9.59 Å². The van der Waals surface area contributed by atoms with E-state index in [2.05, 4.69) is 5.32 Å². The maximum atomic E-state index is 11.4. The Hall–Kier alpha value is -1.06. The number of carbonyl (C=O) groups excluding carboxylic acids is 1. The zero-order valence-corrected chi connectivity index (χ0v) is 8.55. The quantitative estimate of drug-likeness (QED) is 0.690. The lowest BCUT2D eigenvalue weighted by molar-refractivity contribution is -0.143. The molecule has 0 spiro atoms. The average Bonchev–Trinajstić information content (AvgIpc) is 2.04. The Morgan fingerprint density at radius 1 is 1.46 bits per heavy atom. The fraction of sp³-hybridized carbons (Fsp3) is 0.778. The van der Waals surface area contributed by atoms with Gasteiger partial charge in [0.2, 0.25) is 5.91 Å². The molecule has 1 amide bonds. The van der Waals surface area contributed by atoms with Gasteiger partial charge in [-0.1, -0.05) is 20.8 Å². The molecule has 4 heteroatoms. The fourth-order valence-electron chi connectivity index (χ4n) is 0.614. The summed E-state index contributed by atoms with van der Waals surface area (Å²) in [6.07, 6.45) is 0.686. The van der Waals surface area contributed by atoms with Crippen LogP contribution in [0.15, 0.2) is 0 Å². The molecule has 13 heavy (non-hydrogen) atoms. The number of hydrogen-bond acceptors (Lipinski definition) is 2. The van der Waals surface area contributed by atoms with Gasteiger partial charge in [-0.05, 0) is 13.3 Å². The minimum atomic E-state index is -1.01. The Balaban J connectivity index is 4.23. The van der Waals surface area contributed by atoms with Crippen LogP contribution < -0.4 is 5.32 Å². The van der Waals surface area contributed by atoms with Crippen LogP contribution in [-0.4, -0.2) is 23.0 Å². The van der Waals surface area contributed by atoms with Gasteiger partial charge >= 0.3 is 5.97 Å². The number of carboxylic acid groups (broad SMARTS) is 1. The van der Waals surface area contributed by atoms with Gasteiger partial charge in [0.1, 0.15) is 6.04 Å². The van der Waals surface area contributed by atoms with Crippen LogP contribution in [0.4, 0.5) is 0 Å². The van der Waals surface area contributed by atoms with Gasteiger partial charge in [0.25, 0.3) is 0 Å². The van der Waals surface area contributed by atoms with Crippen molar-refractivity contribution in [3.63, 3.8) is 0 Å². The van der Waals surface area contributed by atoms with Crippen LogP contribution in [0.25, 0.3) is 0 Å². The predicted octanol–water partition coefficient (Wildman–Crippen LogP) is 1.01. The third-order valence-electron chi connectivity index (χ3n) is 2.22. The van der Waals surface area contributed by atoms with Crippen molar-refractivity contribution in [2.45, 2.75) is 40.2 Å². The van der Waals surface area contributed by atoms with Crippen LogP contribution in [0, 0.1) is 5.41 Å². The van der Waals surface area contributed by atoms with Gasteiger partial charge < -0.3 is 10.4 Å². The van der Waals surface area contributed by atoms with Gasteiger partial charge in [0, 0.05) is 5.41 Å². The molecule has 0 aliphatic heterocycles. The second-order valence-electron chi connectivity index (χ2n) is 3.77. The van der Waals surface area contributed by atoms with Crippen molar-refractivity contribution in [1.29, 1.82) is 0 Å². The number of amides is 1. The van der Waals surface area contributed by atoms with Gasteiger partial charge in [-0.25, -0.2) is 0 Å². The molecule has 76 valence electrons. The van der Waals surface area contributed by atoms with Gasteiger partial charge in [-0.15, -0.1) is 0 Å². The molecule has 0 aromatic rings. The first-order valence-corrected chi connectivity index (χ1v) is 4.35. The monoisotopic (exact) mass is 187 g/mol. The molecule has 0 radical (unpaired) electrons. The second kappa shape index (κ2) is 4.25. The number of nitrogens with one attached hydrogen (secondary N) is 1. The van der Waals surface area contributed by atoms with E-state index in [1.165, 1.54) is 6.92 Å². The molecule has 4 nitrogen and oxygen atoms in total. The van der Waals surface area contributed by atoms with Crippen molar-refractivity contribution in [3.05, 3.63) is 0 Å². The van der Waals surface area contributed by atoms with Crippen LogP contribution in [0.3, 0.4) is 0 Å². The van der Waals surface area contributed by atoms with Crippen LogP contribution in [0.2, 0.25) is 0 Å². The maximum absolute atomic E-state index is 11.4. The highest BCUT2D eigenvalue weighted by atomic mass is 16.4. The molecule has 0 aromatic heterocycles. The highest BCUT2D eigenvalue weighted by molar-refractivity contribution is 5.86. The summed E-state index contributed by atoms with van der Waals surface area (Å²) in [6, 6.07) is -0.821. The summed E-state index contributed by atoms with van der Waals surface area (Å²) < 4.78 is 0. The second-order valence-corrected chi connectivity index (χ2v) is 3.77. The van der Waals surface area contributed by atoms with Crippen LogP contribution in [0.5, 0.6) is 0 Å². The standard InChI is InChI=1S/C9H17NO3/c1-5-9(3,4)8(13)10-6(2)7(11)12/h6H,5H2,1-4H3,(H,10,13)(H,11,12)/t6-/m0/s1. The molecule has 0 aromatic carbocycles. The minimum Gasteiger partial charge on any atom is -0.480 e. The van der Waals surface area contributed by atoms with Gasteiger partial charge in [-0.2, -0.15) is 0 Å². The fourth-order valence-corrected chi connectivity index (χ4v) is 0.614. The van der Waals surface area contributed by atoms with E-state index < -0.39 is 17.4 Å². The minimum absolute atomic E-state index is 0.218. The highest BCUT2D eigenvalue weighted by Gasteiger charge is 2.27. The lowest BCUT2D eigenvalue weighted by Gasteiger charge is -2.22. The van der Waals surface area contributed by atoms with Crippen LogP contribution >= 0.6 is 0 Å². The van der Waals surface area contributed by atoms with Crippen molar-refractivity contribution in [2.24, 2.45) is 5.41 Å². The SMILES string of the molecule is CCC(C)(C)C(=O)N[C@@H](C)C(=O)O. The van der Waals surface area contributed by atoms with E-state index in [1.54, 1.807) is 13.8 Å². The van der Waals surface area contributed by atoms with Crippen molar-refractivity contribution in [3.8, 4) is 0 Å². The molecule has 0 fully saturated rings. The van der Waals surface area contributed by atoms with Crippen molar-refractivity contribution >= 4 is 11.9 Å². The lowest BCUT2D eigenvalue weighted by atomic mass is 9.89. The van der Waals surface area contributed by atoms with E-state index in [1.807, 2.05) is 6.92 Å². The lowest BCUT2D eigenvalue weighted by Crippen LogP contribution is -2.44. The van der Waals surface area contributed by atoms with Gasteiger partial charge in [0.05, 0.1) is 0 Å². The topological polar surface area (TPSA) is 66.4 Å². The maximum Gasteiger partial charge on any atom is 0.325 e. The molecular formula is C9H17NO3. The largest absolute Gasteiger partial charge is 0.480 e. The Labute approximate surface area is 78.3 Å². The van der Waals surface area contributed by atoms with E-state index in [-0.39, 0.29) is 5.91 Å². The first-order valence-electron chi connectivity index (χ1n) is 4.35. The summed E-state index contributed by atoms with van der Waals surface area (Å²) >= 11 is 0. The van der Waals surface area contributed by atoms with Crippen molar-refractivity contribution in [2.75, 3.05) is 0 Å². The average molecular weight is 187 g/mol. The zero-order chi connectivity index (χ0) is 10.6. The molecule has 0 aliphatic carbocycles. The van der Waals surface area contributed by atoms with Gasteiger partial charge in [-0.3, -0.25) is 9.59 Å². The number of hydrogen-bond donors (Lipinski definition) is 2. The Kier molecular flexibility index (Phi) is 3.91. The van der Waals surface area contributed by atoms with Crippen molar-refractivity contribution < 1.29 is 14.7 Å².